The number of carbonyl (C=O) groups is 5. The normalized spacial score (nSPS) is 26.4. The van der Waals surface area contributed by atoms with Crippen LogP contribution in [0.2, 0.25) is 0 Å². The van der Waals surface area contributed by atoms with E-state index in [1.165, 1.54) is 9.80 Å². The summed E-state index contributed by atoms with van der Waals surface area (Å²) in [7, 11) is -7.76. The lowest BCUT2D eigenvalue weighted by Gasteiger charge is -2.37. The molecule has 5 amide bonds. The first-order chi connectivity index (χ1) is 27.7. The fraction of sp³-hybridized carbons (Fsp3) is 0.718. The maximum Gasteiger partial charge on any atom is 0.410 e. The Kier molecular flexibility index (Phi) is 11.7. The van der Waals surface area contributed by atoms with Gasteiger partial charge in [0.1, 0.15) is 29.8 Å². The van der Waals surface area contributed by atoms with E-state index in [1.54, 1.807) is 20.8 Å². The van der Waals surface area contributed by atoms with Crippen LogP contribution < -0.4 is 29.6 Å². The summed E-state index contributed by atoms with van der Waals surface area (Å²) in [5.41, 5.74) is -0.778. The highest BCUT2D eigenvalue weighted by Gasteiger charge is 2.62. The third kappa shape index (κ3) is 9.28. The molecular formula is C39H56N6O12S2. The van der Waals surface area contributed by atoms with Crippen LogP contribution in [0.4, 0.5) is 4.79 Å². The molecule has 0 radical (unpaired) electrons. The van der Waals surface area contributed by atoms with Gasteiger partial charge >= 0.3 is 6.09 Å². The minimum Gasteiger partial charge on any atom is -0.454 e. The van der Waals surface area contributed by atoms with Crippen LogP contribution in [-0.4, -0.2) is 111 Å². The van der Waals surface area contributed by atoms with E-state index in [-0.39, 0.29) is 51.1 Å². The summed E-state index contributed by atoms with van der Waals surface area (Å²) >= 11 is 0. The van der Waals surface area contributed by atoms with Crippen LogP contribution >= 0.6 is 0 Å². The highest BCUT2D eigenvalue weighted by Crippen LogP contribution is 2.47. The molecule has 0 aromatic heterocycles. The number of benzene rings is 1. The summed E-state index contributed by atoms with van der Waals surface area (Å²) in [6.07, 6.45) is 4.54. The Morgan fingerprint density at radius 2 is 1.58 bits per heavy atom. The van der Waals surface area contributed by atoms with Crippen LogP contribution in [0.25, 0.3) is 0 Å². The zero-order chi connectivity index (χ0) is 42.7. The van der Waals surface area contributed by atoms with Gasteiger partial charge < -0.3 is 29.7 Å². The molecule has 6 aliphatic rings. The molecule has 4 N–H and O–H groups in total. The largest absolute Gasteiger partial charge is 0.454 e. The molecule has 4 fully saturated rings. The highest BCUT2D eigenvalue weighted by atomic mass is 32.2. The van der Waals surface area contributed by atoms with Gasteiger partial charge in [0.15, 0.2) is 11.5 Å². The second kappa shape index (κ2) is 16.0. The summed E-state index contributed by atoms with van der Waals surface area (Å²) in [6, 6.07) is -0.0616. The maximum atomic E-state index is 14.8. The molecule has 7 rings (SSSR count). The van der Waals surface area contributed by atoms with Crippen molar-refractivity contribution in [2.75, 3.05) is 19.6 Å². The Morgan fingerprint density at radius 3 is 2.12 bits per heavy atom. The Morgan fingerprint density at radius 1 is 0.949 bits per heavy atom. The minimum atomic E-state index is -3.93. The van der Waals surface area contributed by atoms with Crippen molar-refractivity contribution >= 4 is 49.8 Å². The van der Waals surface area contributed by atoms with Gasteiger partial charge in [-0.25, -0.2) is 26.4 Å². The summed E-state index contributed by atoms with van der Waals surface area (Å²) in [4.78, 5) is 73.3. The molecule has 18 nitrogen and oxygen atoms in total. The number of carbonyl (C=O) groups excluding carboxylic acids is 5. The lowest BCUT2D eigenvalue weighted by atomic mass is 9.82. The van der Waals surface area contributed by atoms with Gasteiger partial charge in [-0.2, -0.15) is 0 Å². The van der Waals surface area contributed by atoms with Gasteiger partial charge in [-0.3, -0.25) is 28.8 Å². The number of amides is 5. The van der Waals surface area contributed by atoms with Crippen LogP contribution in [-0.2, 0) is 57.1 Å². The Balaban J connectivity index is 1.13. The third-order valence-electron chi connectivity index (χ3n) is 12.5. The second-order valence-corrected chi connectivity index (χ2v) is 21.8. The zero-order valence-electron chi connectivity index (χ0n) is 34.2. The summed E-state index contributed by atoms with van der Waals surface area (Å²) < 4.78 is 72.1. The van der Waals surface area contributed by atoms with E-state index in [2.05, 4.69) is 20.1 Å². The SMILES string of the molecule is CC[C@H]1C[C@@]1(NC(=O)[C@@H]1C[C@@H](OC(=O)N2Cc3cc4c(cc3C2)OCO4)CN1C(=O)[C@@H](NC(=O)[C@@H](NS(C)(=O)=O)C1CCCCC1)C(C)(C)C)C(=O)NS(=O)(=O)C1CC1. The molecule has 1 aromatic rings. The fourth-order valence-electron chi connectivity index (χ4n) is 8.91. The van der Waals surface area contributed by atoms with Crippen molar-refractivity contribution < 1.29 is 55.0 Å². The van der Waals surface area contributed by atoms with Crippen molar-refractivity contribution in [2.24, 2.45) is 17.3 Å². The molecule has 326 valence electrons. The van der Waals surface area contributed by atoms with Crippen LogP contribution in [0.3, 0.4) is 0 Å². The first kappa shape index (κ1) is 42.9. The van der Waals surface area contributed by atoms with Crippen molar-refractivity contribution in [2.45, 2.75) is 140 Å². The van der Waals surface area contributed by atoms with E-state index in [0.29, 0.717) is 43.6 Å². The molecule has 1 aromatic carbocycles. The number of ether oxygens (including phenoxy) is 3. The maximum absolute atomic E-state index is 14.8. The molecule has 6 atom stereocenters. The number of likely N-dealkylation sites (tertiary alicyclic amines) is 1. The summed E-state index contributed by atoms with van der Waals surface area (Å²) in [5, 5.41) is 4.95. The van der Waals surface area contributed by atoms with Gasteiger partial charge in [0.2, 0.25) is 44.6 Å². The topological polar surface area (TPSA) is 236 Å². The Bertz CT molecular complexity index is 2070. The van der Waals surface area contributed by atoms with Crippen LogP contribution in [0.5, 0.6) is 11.5 Å². The van der Waals surface area contributed by atoms with E-state index in [9.17, 15) is 40.8 Å². The number of hydrogen-bond donors (Lipinski definition) is 4. The van der Waals surface area contributed by atoms with Gasteiger partial charge in [-0.15, -0.1) is 0 Å². The van der Waals surface area contributed by atoms with Gasteiger partial charge in [-0.05, 0) is 72.6 Å². The van der Waals surface area contributed by atoms with Crippen molar-refractivity contribution in [1.82, 2.24) is 29.9 Å². The highest BCUT2D eigenvalue weighted by molar-refractivity contribution is 7.91. The standard InChI is InChI=1S/C39H56N6O12S2/c1-6-25-17-39(25,36(49)43-59(53,54)27-12-13-27)41-33(46)28-16-26(57-37(50)44-18-23-14-29-30(56-21-55-29)15-24(23)19-44)20-45(28)35(48)32(38(2,3)4)40-34(47)31(42-58(5,51)52)22-10-8-7-9-11-22/h14-15,22,25-28,31-32,42H,6-13,16-21H2,1-5H3,(H,40,47)(H,41,46)(H,43,49)/t25-,26+,28-,31-,32+,39-/m0/s1. The van der Waals surface area contributed by atoms with Crippen LogP contribution in [0.15, 0.2) is 12.1 Å². The van der Waals surface area contributed by atoms with Crippen molar-refractivity contribution in [3.8, 4) is 11.5 Å². The molecule has 3 heterocycles. The smallest absolute Gasteiger partial charge is 0.410 e. The van der Waals surface area contributed by atoms with E-state index in [1.807, 2.05) is 19.1 Å². The summed E-state index contributed by atoms with van der Waals surface area (Å²) in [6.45, 7) is 7.33. The predicted octanol–water partition coefficient (Wildman–Crippen LogP) is 1.76. The van der Waals surface area contributed by atoms with Gasteiger partial charge in [0.25, 0.3) is 5.91 Å². The molecule has 20 heteroatoms. The van der Waals surface area contributed by atoms with Gasteiger partial charge in [-0.1, -0.05) is 53.4 Å². The predicted molar refractivity (Wildman–Crippen MR) is 211 cm³/mol. The molecule has 3 aliphatic heterocycles. The number of nitrogens with zero attached hydrogens (tertiary/aromatic N) is 2. The van der Waals surface area contributed by atoms with E-state index < -0.39 is 90.2 Å². The second-order valence-electron chi connectivity index (χ2n) is 18.1. The van der Waals surface area contributed by atoms with Crippen molar-refractivity contribution in [3.05, 3.63) is 23.3 Å². The molecular weight excluding hydrogens is 809 g/mol. The van der Waals surface area contributed by atoms with Gasteiger partial charge in [0, 0.05) is 19.5 Å². The van der Waals surface area contributed by atoms with Crippen LogP contribution in [0, 0.1) is 17.3 Å². The van der Waals surface area contributed by atoms with Crippen molar-refractivity contribution in [3.63, 3.8) is 0 Å². The Hall–Kier alpha value is -4.17. The quantitative estimate of drug-likeness (QED) is 0.222. The van der Waals surface area contributed by atoms with Gasteiger partial charge in [0.05, 0.1) is 18.1 Å². The first-order valence-electron chi connectivity index (χ1n) is 20.5. The number of hydrogen-bond acceptors (Lipinski definition) is 12. The lowest BCUT2D eigenvalue weighted by molar-refractivity contribution is -0.145. The fourth-order valence-corrected chi connectivity index (χ4v) is 11.0. The zero-order valence-corrected chi connectivity index (χ0v) is 35.8. The van der Waals surface area contributed by atoms with E-state index in [0.717, 1.165) is 36.6 Å². The van der Waals surface area contributed by atoms with Crippen LogP contribution in [0.1, 0.15) is 103 Å². The lowest BCUT2D eigenvalue weighted by Crippen LogP contribution is -2.62. The average molecular weight is 865 g/mol. The molecule has 0 bridgehead atoms. The van der Waals surface area contributed by atoms with E-state index in [4.69, 9.17) is 14.2 Å². The average Bonchev–Trinajstić information content (AvgIpc) is 3.99. The molecule has 1 saturated heterocycles. The summed E-state index contributed by atoms with van der Waals surface area (Å²) in [5.74, 6) is -2.44. The first-order valence-corrected chi connectivity index (χ1v) is 24.0. The Labute approximate surface area is 345 Å². The molecule has 3 aliphatic carbocycles. The minimum absolute atomic E-state index is 0.110. The monoisotopic (exact) mass is 864 g/mol. The number of sulfonamides is 2. The van der Waals surface area contributed by atoms with Crippen molar-refractivity contribution in [1.29, 1.82) is 0 Å². The number of rotatable bonds is 13. The third-order valence-corrected chi connectivity index (χ3v) is 15.0. The number of nitrogens with one attached hydrogen (secondary N) is 4. The molecule has 0 spiro atoms. The number of fused-ring (bicyclic) bond motifs is 2. The molecule has 59 heavy (non-hydrogen) atoms. The molecule has 3 saturated carbocycles. The molecule has 0 unspecified atom stereocenters. The van der Waals surface area contributed by atoms with E-state index >= 15 is 0 Å².